The number of carbonyl (C=O) groups is 1. The summed E-state index contributed by atoms with van der Waals surface area (Å²) >= 11 is 0. The number of methoxy groups -OCH3 is 1. The van der Waals surface area contributed by atoms with E-state index in [0.29, 0.717) is 11.3 Å². The first-order valence-corrected chi connectivity index (χ1v) is 5.46. The Labute approximate surface area is 99.2 Å². The van der Waals surface area contributed by atoms with Crippen LogP contribution in [0, 0.1) is 0 Å². The molecule has 1 fully saturated rings. The van der Waals surface area contributed by atoms with Gasteiger partial charge in [-0.05, 0) is 24.6 Å². The van der Waals surface area contributed by atoms with Crippen molar-refractivity contribution >= 4 is 5.97 Å². The lowest BCUT2D eigenvalue weighted by Crippen LogP contribution is -2.55. The molecule has 0 atom stereocenters. The predicted octanol–water partition coefficient (Wildman–Crippen LogP) is 2.54. The van der Waals surface area contributed by atoms with E-state index < -0.39 is 17.1 Å². The second-order valence-electron chi connectivity index (χ2n) is 4.89. The molecule has 0 amide bonds. The fraction of sp³-hybridized carbons (Fsp3) is 0.462. The molecule has 4 heteroatoms. The lowest BCUT2D eigenvalue weighted by atomic mass is 9.57. The van der Waals surface area contributed by atoms with Crippen LogP contribution in [-0.2, 0) is 10.2 Å². The molecule has 0 bridgehead atoms. The van der Waals surface area contributed by atoms with E-state index in [9.17, 15) is 14.3 Å². The third-order valence-corrected chi connectivity index (χ3v) is 3.37. The molecule has 1 N–H and O–H groups in total. The van der Waals surface area contributed by atoms with Gasteiger partial charge in [0.05, 0.1) is 12.5 Å². The first kappa shape index (κ1) is 11.9. The Kier molecular flexibility index (Phi) is 2.60. The van der Waals surface area contributed by atoms with Crippen molar-refractivity contribution < 1.29 is 19.0 Å². The van der Waals surface area contributed by atoms with Crippen LogP contribution in [0.25, 0.3) is 0 Å². The quantitative estimate of drug-likeness (QED) is 0.880. The third kappa shape index (κ3) is 1.88. The molecule has 2 rings (SSSR count). The molecule has 0 heterocycles. The summed E-state index contributed by atoms with van der Waals surface area (Å²) in [4.78, 5) is 11.4. The minimum absolute atomic E-state index is 0.0164. The second-order valence-corrected chi connectivity index (χ2v) is 4.89. The van der Waals surface area contributed by atoms with Gasteiger partial charge in [0.25, 0.3) is 0 Å². The van der Waals surface area contributed by atoms with Gasteiger partial charge in [0.1, 0.15) is 11.4 Å². The van der Waals surface area contributed by atoms with E-state index in [1.54, 1.807) is 24.3 Å². The molecule has 0 aromatic heterocycles. The maximum atomic E-state index is 13.6. The molecule has 0 aliphatic heterocycles. The lowest BCUT2D eigenvalue weighted by Gasteiger charge is -2.47. The van der Waals surface area contributed by atoms with Crippen LogP contribution in [0.1, 0.15) is 25.3 Å². The molecular weight excluding hydrogens is 223 g/mol. The molecule has 1 saturated carbocycles. The molecule has 3 nitrogen and oxygen atoms in total. The Hall–Kier alpha value is -1.58. The highest BCUT2D eigenvalue weighted by atomic mass is 19.1. The summed E-state index contributed by atoms with van der Waals surface area (Å²) in [6.45, 7) is 1.44. The number of ether oxygens (including phenoxy) is 1. The Morgan fingerprint density at radius 1 is 1.47 bits per heavy atom. The van der Waals surface area contributed by atoms with E-state index >= 15 is 0 Å². The Balaban J connectivity index is 2.38. The van der Waals surface area contributed by atoms with E-state index in [2.05, 4.69) is 0 Å². The summed E-state index contributed by atoms with van der Waals surface area (Å²) in [5, 5.41) is 9.33. The summed E-state index contributed by atoms with van der Waals surface area (Å²) in [5.41, 5.74) is -1.88. The van der Waals surface area contributed by atoms with Gasteiger partial charge in [-0.15, -0.1) is 0 Å². The zero-order valence-electron chi connectivity index (χ0n) is 9.87. The van der Waals surface area contributed by atoms with Gasteiger partial charge in [-0.3, -0.25) is 4.79 Å². The molecule has 0 spiro atoms. The second kappa shape index (κ2) is 3.72. The minimum atomic E-state index is -1.39. The molecule has 92 valence electrons. The van der Waals surface area contributed by atoms with Crippen LogP contribution in [-0.4, -0.2) is 23.9 Å². The van der Waals surface area contributed by atoms with Crippen molar-refractivity contribution in [2.24, 2.45) is 0 Å². The Bertz CT molecular complexity index is 446. The van der Waals surface area contributed by atoms with Gasteiger partial charge in [-0.1, -0.05) is 12.1 Å². The summed E-state index contributed by atoms with van der Waals surface area (Å²) < 4.78 is 18.7. The van der Waals surface area contributed by atoms with E-state index in [1.807, 2.05) is 0 Å². The summed E-state index contributed by atoms with van der Waals surface area (Å²) in [6.07, 6.45) is 0.0327. The first-order valence-electron chi connectivity index (χ1n) is 5.46. The van der Waals surface area contributed by atoms with Crippen molar-refractivity contribution in [3.63, 3.8) is 0 Å². The number of rotatable bonds is 3. The molecule has 1 aliphatic rings. The number of carboxylic acid groups (broad SMARTS) is 1. The summed E-state index contributed by atoms with van der Waals surface area (Å²) in [5.74, 6) is -0.378. The number of alkyl halides is 1. The highest BCUT2D eigenvalue weighted by molar-refractivity contribution is 5.83. The van der Waals surface area contributed by atoms with E-state index in [0.717, 1.165) is 0 Å². The lowest BCUT2D eigenvalue weighted by molar-refractivity contribution is -0.155. The standard InChI is InChI=1S/C13H15FO3/c1-12(14)7-13(8-12,11(15)16)9-4-3-5-10(6-9)17-2/h3-6H,7-8H2,1-2H3,(H,15,16). The van der Waals surface area contributed by atoms with Crippen molar-refractivity contribution in [1.29, 1.82) is 0 Å². The zero-order valence-corrected chi connectivity index (χ0v) is 9.87. The average molecular weight is 238 g/mol. The van der Waals surface area contributed by atoms with Gasteiger partial charge in [0.15, 0.2) is 0 Å². The van der Waals surface area contributed by atoms with Gasteiger partial charge < -0.3 is 9.84 Å². The van der Waals surface area contributed by atoms with Gasteiger partial charge in [-0.25, -0.2) is 4.39 Å². The molecule has 17 heavy (non-hydrogen) atoms. The number of aliphatic carboxylic acids is 1. The molecular formula is C13H15FO3. The van der Waals surface area contributed by atoms with Gasteiger partial charge >= 0.3 is 5.97 Å². The van der Waals surface area contributed by atoms with Crippen molar-refractivity contribution in [3.05, 3.63) is 29.8 Å². The zero-order chi connectivity index (χ0) is 12.7. The number of carboxylic acids is 1. The maximum Gasteiger partial charge on any atom is 0.314 e. The normalized spacial score (nSPS) is 31.7. The van der Waals surface area contributed by atoms with Crippen molar-refractivity contribution in [2.75, 3.05) is 7.11 Å². The molecule has 0 saturated heterocycles. The SMILES string of the molecule is COc1cccc(C2(C(=O)O)CC(C)(F)C2)c1. The van der Waals surface area contributed by atoms with Gasteiger partial charge in [0.2, 0.25) is 0 Å². The molecule has 1 aliphatic carbocycles. The average Bonchev–Trinajstić information content (AvgIpc) is 2.25. The number of halogens is 1. The Morgan fingerprint density at radius 2 is 2.12 bits per heavy atom. The van der Waals surface area contributed by atoms with Crippen LogP contribution in [0.5, 0.6) is 5.75 Å². The van der Waals surface area contributed by atoms with E-state index in [-0.39, 0.29) is 12.8 Å². The fourth-order valence-electron chi connectivity index (χ4n) is 2.61. The minimum Gasteiger partial charge on any atom is -0.497 e. The molecule has 0 radical (unpaired) electrons. The molecule has 0 unspecified atom stereocenters. The summed E-state index contributed by atoms with van der Waals surface area (Å²) in [7, 11) is 1.52. The fourth-order valence-corrected chi connectivity index (χ4v) is 2.61. The van der Waals surface area contributed by atoms with E-state index in [1.165, 1.54) is 14.0 Å². The number of hydrogen-bond acceptors (Lipinski definition) is 2. The van der Waals surface area contributed by atoms with Crippen LogP contribution >= 0.6 is 0 Å². The number of benzene rings is 1. The smallest absolute Gasteiger partial charge is 0.314 e. The van der Waals surface area contributed by atoms with Crippen LogP contribution in [0.3, 0.4) is 0 Å². The highest BCUT2D eigenvalue weighted by Crippen LogP contribution is 2.52. The largest absolute Gasteiger partial charge is 0.497 e. The van der Waals surface area contributed by atoms with Crippen molar-refractivity contribution in [2.45, 2.75) is 30.8 Å². The highest BCUT2D eigenvalue weighted by Gasteiger charge is 2.58. The third-order valence-electron chi connectivity index (χ3n) is 3.37. The Morgan fingerprint density at radius 3 is 2.59 bits per heavy atom. The van der Waals surface area contributed by atoms with Crippen molar-refractivity contribution in [1.82, 2.24) is 0 Å². The van der Waals surface area contributed by atoms with Gasteiger partial charge in [-0.2, -0.15) is 0 Å². The van der Waals surface area contributed by atoms with Gasteiger partial charge in [0, 0.05) is 12.8 Å². The maximum absolute atomic E-state index is 13.6. The van der Waals surface area contributed by atoms with Crippen LogP contribution in [0.2, 0.25) is 0 Å². The summed E-state index contributed by atoms with van der Waals surface area (Å²) in [6, 6.07) is 6.86. The topological polar surface area (TPSA) is 46.5 Å². The van der Waals surface area contributed by atoms with Crippen LogP contribution in [0.4, 0.5) is 4.39 Å². The van der Waals surface area contributed by atoms with E-state index in [4.69, 9.17) is 4.74 Å². The number of hydrogen-bond donors (Lipinski definition) is 1. The molecule has 1 aromatic rings. The van der Waals surface area contributed by atoms with Crippen LogP contribution in [0.15, 0.2) is 24.3 Å². The van der Waals surface area contributed by atoms with Crippen molar-refractivity contribution in [3.8, 4) is 5.75 Å². The van der Waals surface area contributed by atoms with Crippen LogP contribution < -0.4 is 4.74 Å². The predicted molar refractivity (Wildman–Crippen MR) is 61.1 cm³/mol. The monoisotopic (exact) mass is 238 g/mol. The molecule has 1 aromatic carbocycles. The first-order chi connectivity index (χ1) is 7.89.